The lowest BCUT2D eigenvalue weighted by molar-refractivity contribution is -0.199. The third-order valence-corrected chi connectivity index (χ3v) is 3.24. The zero-order valence-corrected chi connectivity index (χ0v) is 13.5. The average Bonchev–Trinajstić information content (AvgIpc) is 2.53. The predicted molar refractivity (Wildman–Crippen MR) is 82.8 cm³/mol. The maximum atomic E-state index is 13.5. The molecule has 2 rings (SSSR count). The number of nitrogens with zero attached hydrogens (tertiary/aromatic N) is 2. The molecule has 0 saturated carbocycles. The highest BCUT2D eigenvalue weighted by atomic mass is 19.4. The lowest BCUT2D eigenvalue weighted by Gasteiger charge is -2.23. The van der Waals surface area contributed by atoms with Gasteiger partial charge in [0.25, 0.3) is 0 Å². The van der Waals surface area contributed by atoms with Crippen LogP contribution in [0.25, 0.3) is 0 Å². The average molecular weight is 340 g/mol. The van der Waals surface area contributed by atoms with Crippen LogP contribution in [0.3, 0.4) is 0 Å². The maximum absolute atomic E-state index is 13.5. The molecule has 1 atom stereocenters. The summed E-state index contributed by atoms with van der Waals surface area (Å²) in [5.41, 5.74) is -0.0765. The second-order valence-corrected chi connectivity index (χ2v) is 5.66. The molecule has 0 aliphatic carbocycles. The highest BCUT2D eigenvalue weighted by molar-refractivity contribution is 5.36. The van der Waals surface area contributed by atoms with E-state index in [-0.39, 0.29) is 17.2 Å². The van der Waals surface area contributed by atoms with Crippen LogP contribution < -0.4 is 9.47 Å². The van der Waals surface area contributed by atoms with Crippen molar-refractivity contribution in [3.05, 3.63) is 48.4 Å². The molecule has 0 saturated heterocycles. The van der Waals surface area contributed by atoms with Gasteiger partial charge in [-0.15, -0.1) is 0 Å². The molecule has 0 aliphatic heterocycles. The van der Waals surface area contributed by atoms with E-state index in [1.165, 1.54) is 30.5 Å². The van der Waals surface area contributed by atoms with Gasteiger partial charge in [0.05, 0.1) is 6.61 Å². The summed E-state index contributed by atoms with van der Waals surface area (Å²) in [6.07, 6.45) is -3.57. The predicted octanol–water partition coefficient (Wildman–Crippen LogP) is 4.58. The number of halogens is 3. The summed E-state index contributed by atoms with van der Waals surface area (Å²) >= 11 is 0. The summed E-state index contributed by atoms with van der Waals surface area (Å²) in [7, 11) is 0. The first-order valence-corrected chi connectivity index (χ1v) is 7.59. The minimum Gasteiger partial charge on any atom is -0.493 e. The van der Waals surface area contributed by atoms with Crippen molar-refractivity contribution in [3.63, 3.8) is 0 Å². The van der Waals surface area contributed by atoms with Crippen molar-refractivity contribution in [3.8, 4) is 11.6 Å². The van der Waals surface area contributed by atoms with Crippen LogP contribution in [-0.4, -0.2) is 22.8 Å². The minimum absolute atomic E-state index is 0.0765. The van der Waals surface area contributed by atoms with E-state index in [4.69, 9.17) is 9.47 Å². The highest BCUT2D eigenvalue weighted by Gasteiger charge is 2.44. The van der Waals surface area contributed by atoms with Gasteiger partial charge < -0.3 is 9.47 Å². The van der Waals surface area contributed by atoms with Gasteiger partial charge >= 0.3 is 6.18 Å². The first kappa shape index (κ1) is 18.0. The molecule has 0 spiro atoms. The maximum Gasteiger partial charge on any atom is 0.429 e. The molecule has 1 aromatic carbocycles. The van der Waals surface area contributed by atoms with E-state index in [0.29, 0.717) is 12.5 Å². The van der Waals surface area contributed by atoms with Crippen molar-refractivity contribution >= 4 is 0 Å². The Kier molecular flexibility index (Phi) is 6.00. The Labute approximate surface area is 138 Å². The Hall–Kier alpha value is -2.31. The summed E-state index contributed by atoms with van der Waals surface area (Å²) in [6, 6.07) is 7.29. The van der Waals surface area contributed by atoms with Gasteiger partial charge in [0.1, 0.15) is 12.1 Å². The van der Waals surface area contributed by atoms with Crippen molar-refractivity contribution in [1.29, 1.82) is 0 Å². The molecule has 1 heterocycles. The van der Waals surface area contributed by atoms with Crippen molar-refractivity contribution in [2.45, 2.75) is 32.5 Å². The third-order valence-electron chi connectivity index (χ3n) is 3.24. The van der Waals surface area contributed by atoms with E-state index in [1.807, 2.05) is 13.8 Å². The van der Waals surface area contributed by atoms with Gasteiger partial charge in [0.2, 0.25) is 12.0 Å². The summed E-state index contributed by atoms with van der Waals surface area (Å²) in [5.74, 6) is 0.409. The quantitative estimate of drug-likeness (QED) is 0.740. The van der Waals surface area contributed by atoms with Crippen molar-refractivity contribution < 1.29 is 22.6 Å². The molecule has 0 amide bonds. The largest absolute Gasteiger partial charge is 0.493 e. The molecule has 0 aliphatic rings. The van der Waals surface area contributed by atoms with E-state index >= 15 is 0 Å². The molecular formula is C17H19F3N2O2. The number of hydrogen-bond donors (Lipinski definition) is 0. The summed E-state index contributed by atoms with van der Waals surface area (Å²) in [5, 5.41) is 0. The van der Waals surface area contributed by atoms with Crippen LogP contribution >= 0.6 is 0 Å². The van der Waals surface area contributed by atoms with Crippen LogP contribution in [0, 0.1) is 5.92 Å². The molecule has 24 heavy (non-hydrogen) atoms. The second-order valence-electron chi connectivity index (χ2n) is 5.66. The number of aromatic nitrogens is 2. The monoisotopic (exact) mass is 340 g/mol. The van der Waals surface area contributed by atoms with Gasteiger partial charge in [-0.2, -0.15) is 13.2 Å². The molecule has 1 aromatic heterocycles. The molecule has 1 unspecified atom stereocenters. The van der Waals surface area contributed by atoms with Gasteiger partial charge in [-0.3, -0.25) is 0 Å². The highest BCUT2D eigenvalue weighted by Crippen LogP contribution is 2.40. The number of rotatable bonds is 7. The molecule has 2 aromatic rings. The molecule has 130 valence electrons. The van der Waals surface area contributed by atoms with E-state index in [9.17, 15) is 13.2 Å². The molecule has 0 bridgehead atoms. The lowest BCUT2D eigenvalue weighted by Crippen LogP contribution is -2.27. The second kappa shape index (κ2) is 7.99. The topological polar surface area (TPSA) is 44.2 Å². The fraction of sp³-hybridized carbons (Fsp3) is 0.412. The van der Waals surface area contributed by atoms with Crippen LogP contribution in [0.15, 0.2) is 42.9 Å². The van der Waals surface area contributed by atoms with Gasteiger partial charge in [0, 0.05) is 17.8 Å². The van der Waals surface area contributed by atoms with E-state index in [0.717, 1.165) is 12.7 Å². The standard InChI is InChI=1S/C17H19F3N2O2/c1-12(2)8-10-23-14-6-4-3-5-13(14)16(17(18,19)20)24-15-7-9-21-11-22-15/h3-7,9,11-12,16H,8,10H2,1-2H3. The smallest absolute Gasteiger partial charge is 0.429 e. The lowest BCUT2D eigenvalue weighted by atomic mass is 10.1. The van der Waals surface area contributed by atoms with Gasteiger partial charge in [-0.1, -0.05) is 32.0 Å². The molecule has 0 fully saturated rings. The van der Waals surface area contributed by atoms with Crippen LogP contribution in [0.4, 0.5) is 13.2 Å². The first-order valence-electron chi connectivity index (χ1n) is 7.59. The van der Waals surface area contributed by atoms with Crippen molar-refractivity contribution in [2.75, 3.05) is 6.61 Å². The Morgan fingerprint density at radius 3 is 2.50 bits per heavy atom. The number of para-hydroxylation sites is 1. The van der Waals surface area contributed by atoms with E-state index in [2.05, 4.69) is 9.97 Å². The molecule has 7 heteroatoms. The van der Waals surface area contributed by atoms with Crippen LogP contribution in [0.1, 0.15) is 31.9 Å². The third kappa shape index (κ3) is 5.11. The first-order chi connectivity index (χ1) is 11.4. The van der Waals surface area contributed by atoms with Gasteiger partial charge in [-0.25, -0.2) is 9.97 Å². The van der Waals surface area contributed by atoms with Crippen LogP contribution in [0.5, 0.6) is 11.6 Å². The van der Waals surface area contributed by atoms with Gasteiger partial charge in [0.15, 0.2) is 0 Å². The van der Waals surface area contributed by atoms with Crippen molar-refractivity contribution in [1.82, 2.24) is 9.97 Å². The Morgan fingerprint density at radius 1 is 1.12 bits per heavy atom. The minimum atomic E-state index is -4.61. The van der Waals surface area contributed by atoms with Crippen LogP contribution in [0.2, 0.25) is 0 Å². The van der Waals surface area contributed by atoms with Gasteiger partial charge in [-0.05, 0) is 18.4 Å². The number of ether oxygens (including phenoxy) is 2. The molecular weight excluding hydrogens is 321 g/mol. The summed E-state index contributed by atoms with van der Waals surface area (Å²) in [4.78, 5) is 7.36. The van der Waals surface area contributed by atoms with E-state index < -0.39 is 12.3 Å². The Morgan fingerprint density at radius 2 is 1.88 bits per heavy atom. The Bertz CT molecular complexity index is 633. The number of hydrogen-bond acceptors (Lipinski definition) is 4. The zero-order valence-electron chi connectivity index (χ0n) is 13.5. The number of benzene rings is 1. The Balaban J connectivity index is 2.26. The van der Waals surface area contributed by atoms with Crippen molar-refractivity contribution in [2.24, 2.45) is 5.92 Å². The SMILES string of the molecule is CC(C)CCOc1ccccc1C(Oc1ccncn1)C(F)(F)F. The fourth-order valence-corrected chi connectivity index (χ4v) is 2.01. The zero-order chi connectivity index (χ0) is 17.6. The summed E-state index contributed by atoms with van der Waals surface area (Å²) < 4.78 is 51.1. The number of alkyl halides is 3. The fourth-order valence-electron chi connectivity index (χ4n) is 2.01. The van der Waals surface area contributed by atoms with E-state index in [1.54, 1.807) is 6.07 Å². The molecule has 0 N–H and O–H groups in total. The summed E-state index contributed by atoms with van der Waals surface area (Å²) in [6.45, 7) is 4.38. The molecule has 4 nitrogen and oxygen atoms in total. The normalized spacial score (nSPS) is 12.9. The molecule has 0 radical (unpaired) electrons. The van der Waals surface area contributed by atoms with Crippen LogP contribution in [-0.2, 0) is 0 Å².